The fourth-order valence-corrected chi connectivity index (χ4v) is 3.06. The van der Waals surface area contributed by atoms with Crippen LogP contribution in [0.3, 0.4) is 0 Å². The molecule has 64 valence electrons. The van der Waals surface area contributed by atoms with Crippen LogP contribution in [0, 0.1) is 6.92 Å². The second kappa shape index (κ2) is 3.07. The van der Waals surface area contributed by atoms with Crippen molar-refractivity contribution in [1.82, 2.24) is 4.98 Å². The van der Waals surface area contributed by atoms with Crippen LogP contribution in [0.15, 0.2) is 17.2 Å². The fraction of sp³-hybridized carbons (Fsp3) is 0.444. The van der Waals surface area contributed by atoms with Crippen molar-refractivity contribution in [3.05, 3.63) is 23.5 Å². The van der Waals surface area contributed by atoms with E-state index in [1.165, 1.54) is 5.56 Å². The van der Waals surface area contributed by atoms with E-state index in [2.05, 4.69) is 4.98 Å². The molecule has 1 aliphatic heterocycles. The van der Waals surface area contributed by atoms with Crippen LogP contribution < -0.4 is 0 Å². The maximum atomic E-state index is 11.6. The molecule has 1 unspecified atom stereocenters. The summed E-state index contributed by atoms with van der Waals surface area (Å²) < 4.78 is 11.6. The van der Waals surface area contributed by atoms with Crippen LogP contribution in [0.1, 0.15) is 17.7 Å². The largest absolute Gasteiger partial charge is 0.611 e. The van der Waals surface area contributed by atoms with Gasteiger partial charge in [0.05, 0.1) is 5.69 Å². The highest BCUT2D eigenvalue weighted by atomic mass is 32.2. The Morgan fingerprint density at radius 3 is 3.17 bits per heavy atom. The summed E-state index contributed by atoms with van der Waals surface area (Å²) in [7, 11) is 0. The minimum atomic E-state index is -0.789. The monoisotopic (exact) mass is 181 g/mol. The molecule has 2 heterocycles. The van der Waals surface area contributed by atoms with E-state index in [9.17, 15) is 4.55 Å². The topological polar surface area (TPSA) is 36.0 Å². The molecule has 1 aromatic heterocycles. The van der Waals surface area contributed by atoms with E-state index in [-0.39, 0.29) is 0 Å². The number of hydrogen-bond donors (Lipinski definition) is 0. The van der Waals surface area contributed by atoms with Crippen molar-refractivity contribution in [2.75, 3.05) is 5.75 Å². The number of pyridine rings is 1. The highest BCUT2D eigenvalue weighted by molar-refractivity contribution is 7.91. The molecule has 2 rings (SSSR count). The van der Waals surface area contributed by atoms with E-state index in [4.69, 9.17) is 0 Å². The van der Waals surface area contributed by atoms with Gasteiger partial charge in [0.25, 0.3) is 0 Å². The van der Waals surface area contributed by atoms with Gasteiger partial charge in [-0.1, -0.05) is 0 Å². The van der Waals surface area contributed by atoms with Crippen LogP contribution in [0.4, 0.5) is 0 Å². The molecule has 0 fully saturated rings. The number of aromatic nitrogens is 1. The summed E-state index contributed by atoms with van der Waals surface area (Å²) in [5.41, 5.74) is 2.16. The molecule has 0 radical (unpaired) electrons. The minimum Gasteiger partial charge on any atom is -0.611 e. The fourth-order valence-electron chi connectivity index (χ4n) is 1.61. The van der Waals surface area contributed by atoms with Gasteiger partial charge in [0.1, 0.15) is 5.75 Å². The first-order valence-corrected chi connectivity index (χ1v) is 5.44. The van der Waals surface area contributed by atoms with E-state index < -0.39 is 11.2 Å². The van der Waals surface area contributed by atoms with Gasteiger partial charge in [0.2, 0.25) is 0 Å². The lowest BCUT2D eigenvalue weighted by molar-refractivity contribution is 0.583. The quantitative estimate of drug-likeness (QED) is 0.568. The van der Waals surface area contributed by atoms with Crippen molar-refractivity contribution >= 4 is 11.2 Å². The first-order valence-electron chi connectivity index (χ1n) is 4.12. The molecule has 2 nitrogen and oxygen atoms in total. The summed E-state index contributed by atoms with van der Waals surface area (Å²) in [5, 5.41) is 0. The van der Waals surface area contributed by atoms with Crippen molar-refractivity contribution < 1.29 is 4.55 Å². The lowest BCUT2D eigenvalue weighted by Crippen LogP contribution is -2.18. The van der Waals surface area contributed by atoms with Crippen LogP contribution in [-0.4, -0.2) is 15.3 Å². The molecule has 1 aromatic rings. The van der Waals surface area contributed by atoms with Gasteiger partial charge in [-0.25, -0.2) is 0 Å². The lowest BCUT2D eigenvalue weighted by Gasteiger charge is -2.19. The van der Waals surface area contributed by atoms with Crippen molar-refractivity contribution in [2.45, 2.75) is 24.7 Å². The average molecular weight is 181 g/mol. The third-order valence-electron chi connectivity index (χ3n) is 2.17. The summed E-state index contributed by atoms with van der Waals surface area (Å²) in [6.07, 6.45) is 3.91. The molecular formula is C9H11NOS. The molecule has 1 atom stereocenters. The molecule has 0 bridgehead atoms. The minimum absolute atomic E-state index is 0.789. The number of nitrogens with zero attached hydrogens (tertiary/aromatic N) is 1. The molecule has 0 spiro atoms. The van der Waals surface area contributed by atoms with E-state index >= 15 is 0 Å². The van der Waals surface area contributed by atoms with Crippen molar-refractivity contribution in [2.24, 2.45) is 0 Å². The van der Waals surface area contributed by atoms with E-state index in [1.807, 2.05) is 13.0 Å². The molecule has 0 saturated carbocycles. The predicted octanol–water partition coefficient (Wildman–Crippen LogP) is 1.44. The van der Waals surface area contributed by atoms with Crippen LogP contribution in [-0.2, 0) is 17.6 Å². The molecule has 12 heavy (non-hydrogen) atoms. The van der Waals surface area contributed by atoms with E-state index in [0.717, 1.165) is 29.2 Å². The number of hydrogen-bond acceptors (Lipinski definition) is 2. The first kappa shape index (κ1) is 8.08. The Kier molecular flexibility index (Phi) is 2.07. The Bertz CT molecular complexity index is 301. The smallest absolute Gasteiger partial charge is 0.177 e. The zero-order chi connectivity index (χ0) is 8.55. The van der Waals surface area contributed by atoms with E-state index in [1.54, 1.807) is 6.20 Å². The molecule has 3 heteroatoms. The third kappa shape index (κ3) is 1.23. The zero-order valence-corrected chi connectivity index (χ0v) is 7.86. The summed E-state index contributed by atoms with van der Waals surface area (Å²) >= 11 is -0.789. The van der Waals surface area contributed by atoms with Gasteiger partial charge < -0.3 is 4.55 Å². The van der Waals surface area contributed by atoms with Gasteiger partial charge in [-0.05, 0) is 37.0 Å². The van der Waals surface area contributed by atoms with Gasteiger partial charge in [0.15, 0.2) is 4.90 Å². The summed E-state index contributed by atoms with van der Waals surface area (Å²) in [6, 6.07) is 1.99. The second-order valence-electron chi connectivity index (χ2n) is 3.04. The number of aryl methyl sites for hydroxylation is 2. The number of fused-ring (bicyclic) bond motifs is 1. The normalized spacial score (nSPS) is 22.0. The van der Waals surface area contributed by atoms with E-state index in [0.29, 0.717) is 0 Å². The lowest BCUT2D eigenvalue weighted by atomic mass is 10.1. The van der Waals surface area contributed by atoms with Gasteiger partial charge >= 0.3 is 0 Å². The molecule has 0 aromatic carbocycles. The Balaban J connectivity index is 2.53. The first-order chi connectivity index (χ1) is 5.79. The van der Waals surface area contributed by atoms with Gasteiger partial charge in [-0.3, -0.25) is 4.98 Å². The zero-order valence-electron chi connectivity index (χ0n) is 7.04. The standard InChI is InChI=1S/C9H11NOS/c1-7-9-8(4-5-10-7)3-2-6-12(9)11/h4-5H,2-3,6H2,1H3. The summed E-state index contributed by atoms with van der Waals surface area (Å²) in [5.74, 6) is 0.805. The van der Waals surface area contributed by atoms with Gasteiger partial charge in [-0.15, -0.1) is 0 Å². The van der Waals surface area contributed by atoms with Crippen molar-refractivity contribution in [1.29, 1.82) is 0 Å². The van der Waals surface area contributed by atoms with Crippen LogP contribution >= 0.6 is 0 Å². The highest BCUT2D eigenvalue weighted by Crippen LogP contribution is 2.26. The number of rotatable bonds is 0. The third-order valence-corrected chi connectivity index (χ3v) is 3.84. The Labute approximate surface area is 75.2 Å². The Morgan fingerprint density at radius 1 is 1.58 bits per heavy atom. The highest BCUT2D eigenvalue weighted by Gasteiger charge is 2.23. The summed E-state index contributed by atoms with van der Waals surface area (Å²) in [6.45, 7) is 1.93. The maximum Gasteiger partial charge on any atom is 0.177 e. The predicted molar refractivity (Wildman–Crippen MR) is 48.6 cm³/mol. The molecule has 0 amide bonds. The summed E-state index contributed by atoms with van der Waals surface area (Å²) in [4.78, 5) is 5.14. The van der Waals surface area contributed by atoms with Crippen LogP contribution in [0.2, 0.25) is 0 Å². The molecule has 0 saturated heterocycles. The SMILES string of the molecule is Cc1nccc2c1[S+]([O-])CCC2. The van der Waals surface area contributed by atoms with Crippen LogP contribution in [0.25, 0.3) is 0 Å². The molecule has 1 aliphatic rings. The molecular weight excluding hydrogens is 170 g/mol. The van der Waals surface area contributed by atoms with Crippen molar-refractivity contribution in [3.63, 3.8) is 0 Å². The molecule has 0 N–H and O–H groups in total. The Morgan fingerprint density at radius 2 is 2.42 bits per heavy atom. The van der Waals surface area contributed by atoms with Gasteiger partial charge in [0, 0.05) is 11.8 Å². The maximum absolute atomic E-state index is 11.6. The second-order valence-corrected chi connectivity index (χ2v) is 4.55. The Hall–Kier alpha value is -0.540. The van der Waals surface area contributed by atoms with Crippen molar-refractivity contribution in [3.8, 4) is 0 Å². The average Bonchev–Trinajstić information content (AvgIpc) is 2.04. The van der Waals surface area contributed by atoms with Crippen LogP contribution in [0.5, 0.6) is 0 Å². The molecule has 0 aliphatic carbocycles. The van der Waals surface area contributed by atoms with Gasteiger partial charge in [-0.2, -0.15) is 0 Å².